The number of ketones is 1. The van der Waals surface area contributed by atoms with E-state index in [9.17, 15) is 4.79 Å². The molecule has 0 heterocycles. The van der Waals surface area contributed by atoms with Gasteiger partial charge >= 0.3 is 0 Å². The van der Waals surface area contributed by atoms with E-state index in [-0.39, 0.29) is 0 Å². The number of Topliss-reactive ketones (excluding diaryl/α,β-unsaturated/α-hetero) is 1. The van der Waals surface area contributed by atoms with Crippen LogP contribution in [0.4, 0.5) is 0 Å². The summed E-state index contributed by atoms with van der Waals surface area (Å²) in [7, 11) is 0. The third-order valence-corrected chi connectivity index (χ3v) is 3.70. The molecule has 1 heteroatoms. The molecule has 2 unspecified atom stereocenters. The molecule has 3 rings (SSSR count). The van der Waals surface area contributed by atoms with E-state index in [4.69, 9.17) is 0 Å². The summed E-state index contributed by atoms with van der Waals surface area (Å²) in [6.07, 6.45) is 3.78. The fourth-order valence-electron chi connectivity index (χ4n) is 2.47. The molecule has 0 spiro atoms. The molecular weight excluding hydrogens is 184 g/mol. The Morgan fingerprint density at radius 2 is 2.00 bits per heavy atom. The van der Waals surface area contributed by atoms with Crippen LogP contribution in [0.25, 0.3) is 0 Å². The lowest BCUT2D eigenvalue weighted by molar-refractivity contribution is -0.118. The summed E-state index contributed by atoms with van der Waals surface area (Å²) < 4.78 is 0. The standard InChI is InChI=1S/C14H16O/c1-9(15)13-8-14(13)12-4-2-3-11(7-12)10-5-6-10/h2-4,7,10,13-14H,5-6,8H2,1H3. The fourth-order valence-corrected chi connectivity index (χ4v) is 2.47. The molecule has 0 radical (unpaired) electrons. The normalized spacial score (nSPS) is 28.9. The van der Waals surface area contributed by atoms with Gasteiger partial charge in [0.2, 0.25) is 0 Å². The Morgan fingerprint density at radius 3 is 2.60 bits per heavy atom. The van der Waals surface area contributed by atoms with Crippen molar-refractivity contribution in [3.8, 4) is 0 Å². The molecule has 0 saturated heterocycles. The summed E-state index contributed by atoms with van der Waals surface area (Å²) in [6, 6.07) is 8.88. The summed E-state index contributed by atoms with van der Waals surface area (Å²) in [6.45, 7) is 1.72. The topological polar surface area (TPSA) is 17.1 Å². The number of rotatable bonds is 3. The van der Waals surface area contributed by atoms with Gasteiger partial charge in [-0.1, -0.05) is 24.3 Å². The molecule has 0 aromatic heterocycles. The second-order valence-electron chi connectivity index (χ2n) is 5.00. The van der Waals surface area contributed by atoms with Crippen molar-refractivity contribution in [1.82, 2.24) is 0 Å². The van der Waals surface area contributed by atoms with Crippen LogP contribution in [-0.2, 0) is 4.79 Å². The average Bonchev–Trinajstić information content (AvgIpc) is 3.10. The highest BCUT2D eigenvalue weighted by Gasteiger charge is 2.41. The lowest BCUT2D eigenvalue weighted by atomic mass is 10.0. The highest BCUT2D eigenvalue weighted by molar-refractivity contribution is 5.82. The quantitative estimate of drug-likeness (QED) is 0.732. The second kappa shape index (κ2) is 3.19. The molecule has 1 aromatic carbocycles. The minimum Gasteiger partial charge on any atom is -0.300 e. The molecule has 0 N–H and O–H groups in total. The molecule has 15 heavy (non-hydrogen) atoms. The van der Waals surface area contributed by atoms with Gasteiger partial charge in [-0.2, -0.15) is 0 Å². The highest BCUT2D eigenvalue weighted by Crippen LogP contribution is 2.49. The molecule has 0 aliphatic heterocycles. The van der Waals surface area contributed by atoms with Gasteiger partial charge in [0.05, 0.1) is 0 Å². The Balaban J connectivity index is 1.81. The van der Waals surface area contributed by atoms with Crippen molar-refractivity contribution in [2.24, 2.45) is 5.92 Å². The number of carbonyl (C=O) groups excluding carboxylic acids is 1. The first-order chi connectivity index (χ1) is 7.25. The molecule has 2 aliphatic carbocycles. The zero-order valence-electron chi connectivity index (χ0n) is 9.07. The zero-order chi connectivity index (χ0) is 10.4. The Labute approximate surface area is 90.5 Å². The zero-order valence-corrected chi connectivity index (χ0v) is 9.07. The molecule has 1 aromatic rings. The van der Waals surface area contributed by atoms with Crippen LogP contribution in [0.2, 0.25) is 0 Å². The van der Waals surface area contributed by atoms with Crippen molar-refractivity contribution in [3.05, 3.63) is 35.4 Å². The minimum atomic E-state index is 0.319. The van der Waals surface area contributed by atoms with E-state index in [1.165, 1.54) is 24.0 Å². The smallest absolute Gasteiger partial charge is 0.133 e. The maximum absolute atomic E-state index is 11.2. The van der Waals surface area contributed by atoms with Crippen LogP contribution in [0, 0.1) is 5.92 Å². The summed E-state index contributed by atoms with van der Waals surface area (Å²) in [4.78, 5) is 11.2. The van der Waals surface area contributed by atoms with Gasteiger partial charge in [-0.25, -0.2) is 0 Å². The monoisotopic (exact) mass is 200 g/mol. The van der Waals surface area contributed by atoms with Gasteiger partial charge < -0.3 is 0 Å². The van der Waals surface area contributed by atoms with Crippen molar-refractivity contribution in [3.63, 3.8) is 0 Å². The van der Waals surface area contributed by atoms with Crippen LogP contribution in [0.3, 0.4) is 0 Å². The van der Waals surface area contributed by atoms with Crippen molar-refractivity contribution in [2.45, 2.75) is 38.0 Å². The first-order valence-electron chi connectivity index (χ1n) is 5.86. The molecule has 2 aliphatic rings. The molecule has 2 atom stereocenters. The Bertz CT molecular complexity index is 404. The van der Waals surface area contributed by atoms with Gasteiger partial charge in [0.25, 0.3) is 0 Å². The van der Waals surface area contributed by atoms with Gasteiger partial charge in [-0.05, 0) is 49.1 Å². The first-order valence-corrected chi connectivity index (χ1v) is 5.86. The summed E-state index contributed by atoms with van der Waals surface area (Å²) in [5.41, 5.74) is 2.88. The van der Waals surface area contributed by atoms with E-state index >= 15 is 0 Å². The maximum Gasteiger partial charge on any atom is 0.133 e. The van der Waals surface area contributed by atoms with Crippen LogP contribution in [0.1, 0.15) is 49.1 Å². The van der Waals surface area contributed by atoms with E-state index in [1.54, 1.807) is 6.92 Å². The summed E-state index contributed by atoms with van der Waals surface area (Å²) >= 11 is 0. The number of hydrogen-bond donors (Lipinski definition) is 0. The van der Waals surface area contributed by atoms with Gasteiger partial charge in [0.15, 0.2) is 0 Å². The Hall–Kier alpha value is -1.11. The molecule has 0 amide bonds. The van der Waals surface area contributed by atoms with Crippen LogP contribution in [-0.4, -0.2) is 5.78 Å². The number of carbonyl (C=O) groups is 1. The van der Waals surface area contributed by atoms with Crippen LogP contribution < -0.4 is 0 Å². The summed E-state index contributed by atoms with van der Waals surface area (Å²) in [5.74, 6) is 2.02. The molecule has 1 nitrogen and oxygen atoms in total. The van der Waals surface area contributed by atoms with Crippen molar-refractivity contribution in [1.29, 1.82) is 0 Å². The highest BCUT2D eigenvalue weighted by atomic mass is 16.1. The molecular formula is C14H16O. The van der Waals surface area contributed by atoms with E-state index in [0.717, 1.165) is 12.3 Å². The maximum atomic E-state index is 11.2. The predicted molar refractivity (Wildman–Crippen MR) is 59.9 cm³/mol. The van der Waals surface area contributed by atoms with Gasteiger partial charge in [0.1, 0.15) is 5.78 Å². The SMILES string of the molecule is CC(=O)C1CC1c1cccc(C2CC2)c1. The first kappa shape index (κ1) is 9.14. The number of hydrogen-bond acceptors (Lipinski definition) is 1. The van der Waals surface area contributed by atoms with Crippen LogP contribution in [0.15, 0.2) is 24.3 Å². The van der Waals surface area contributed by atoms with E-state index < -0.39 is 0 Å². The van der Waals surface area contributed by atoms with E-state index in [2.05, 4.69) is 24.3 Å². The third-order valence-electron chi connectivity index (χ3n) is 3.70. The summed E-state index contributed by atoms with van der Waals surface area (Å²) in [5, 5.41) is 0. The van der Waals surface area contributed by atoms with E-state index in [0.29, 0.717) is 17.6 Å². The lowest BCUT2D eigenvalue weighted by Crippen LogP contribution is -1.95. The molecule has 78 valence electrons. The predicted octanol–water partition coefficient (Wildman–Crippen LogP) is 3.26. The van der Waals surface area contributed by atoms with Crippen LogP contribution in [0.5, 0.6) is 0 Å². The Kier molecular flexibility index (Phi) is 1.95. The van der Waals surface area contributed by atoms with Crippen molar-refractivity contribution >= 4 is 5.78 Å². The van der Waals surface area contributed by atoms with Gasteiger partial charge in [0, 0.05) is 5.92 Å². The minimum absolute atomic E-state index is 0.319. The second-order valence-corrected chi connectivity index (χ2v) is 5.00. The molecule has 2 saturated carbocycles. The van der Waals surface area contributed by atoms with Crippen molar-refractivity contribution in [2.75, 3.05) is 0 Å². The lowest BCUT2D eigenvalue weighted by Gasteiger charge is -2.02. The third kappa shape index (κ3) is 1.71. The molecule has 2 fully saturated rings. The fraction of sp³-hybridized carbons (Fsp3) is 0.500. The van der Waals surface area contributed by atoms with Crippen molar-refractivity contribution < 1.29 is 4.79 Å². The van der Waals surface area contributed by atoms with Gasteiger partial charge in [-0.3, -0.25) is 4.79 Å². The van der Waals surface area contributed by atoms with E-state index in [1.807, 2.05) is 0 Å². The average molecular weight is 200 g/mol. The van der Waals surface area contributed by atoms with Crippen LogP contribution >= 0.6 is 0 Å². The Morgan fingerprint density at radius 1 is 1.27 bits per heavy atom. The van der Waals surface area contributed by atoms with Gasteiger partial charge in [-0.15, -0.1) is 0 Å². The number of benzene rings is 1. The largest absolute Gasteiger partial charge is 0.300 e. The molecule has 0 bridgehead atoms.